The molecule has 104 valence electrons. The van der Waals surface area contributed by atoms with Crippen LogP contribution in [0.15, 0.2) is 12.1 Å². The fraction of sp³-hybridized carbons (Fsp3) is 0.533. The van der Waals surface area contributed by atoms with Crippen LogP contribution in [-0.2, 0) is 0 Å². The van der Waals surface area contributed by atoms with Crippen molar-refractivity contribution in [2.24, 2.45) is 5.41 Å². The number of benzene rings is 1. The van der Waals surface area contributed by atoms with Gasteiger partial charge < -0.3 is 14.4 Å². The first kappa shape index (κ1) is 15.2. The van der Waals surface area contributed by atoms with Crippen LogP contribution in [0.1, 0.15) is 19.4 Å². The third-order valence-electron chi connectivity index (χ3n) is 3.04. The van der Waals surface area contributed by atoms with Gasteiger partial charge in [-0.05, 0) is 32.4 Å². The molecule has 0 radical (unpaired) electrons. The fourth-order valence-electron chi connectivity index (χ4n) is 2.05. The number of hydrogen-bond acceptors (Lipinski definition) is 4. The number of aryl methyl sites for hydroxylation is 1. The van der Waals surface area contributed by atoms with Crippen molar-refractivity contribution in [1.29, 1.82) is 5.26 Å². The minimum atomic E-state index is -0.419. The molecule has 0 atom stereocenters. The quantitative estimate of drug-likeness (QED) is 0.818. The molecular formula is C15H22N2O2. The Morgan fingerprint density at radius 1 is 1.21 bits per heavy atom. The van der Waals surface area contributed by atoms with Crippen molar-refractivity contribution in [3.8, 4) is 17.6 Å². The van der Waals surface area contributed by atoms with Gasteiger partial charge in [-0.15, -0.1) is 0 Å². The van der Waals surface area contributed by atoms with E-state index in [0.29, 0.717) is 6.54 Å². The molecule has 0 bridgehead atoms. The molecule has 4 heteroatoms. The van der Waals surface area contributed by atoms with Gasteiger partial charge in [0.05, 0.1) is 31.4 Å². The van der Waals surface area contributed by atoms with Crippen LogP contribution in [0.2, 0.25) is 0 Å². The van der Waals surface area contributed by atoms with Crippen LogP contribution in [0.5, 0.6) is 11.5 Å². The summed E-state index contributed by atoms with van der Waals surface area (Å²) in [6, 6.07) is 6.20. The van der Waals surface area contributed by atoms with Crippen molar-refractivity contribution in [3.05, 3.63) is 17.7 Å². The van der Waals surface area contributed by atoms with E-state index in [1.54, 1.807) is 14.2 Å². The van der Waals surface area contributed by atoms with E-state index in [4.69, 9.17) is 14.7 Å². The highest BCUT2D eigenvalue weighted by molar-refractivity contribution is 5.63. The monoisotopic (exact) mass is 262 g/mol. The molecule has 0 fully saturated rings. The van der Waals surface area contributed by atoms with E-state index in [1.165, 1.54) is 0 Å². The molecular weight excluding hydrogens is 240 g/mol. The zero-order chi connectivity index (χ0) is 14.6. The summed E-state index contributed by atoms with van der Waals surface area (Å²) in [4.78, 5) is 2.02. The Morgan fingerprint density at radius 3 is 2.26 bits per heavy atom. The standard InChI is InChI=1S/C15H22N2O2/c1-11-7-14(19-6)12(8-13(11)18-5)17(4)10-15(2,3)9-16/h7-8H,10H2,1-6H3. The fourth-order valence-corrected chi connectivity index (χ4v) is 2.05. The van der Waals surface area contributed by atoms with Crippen molar-refractivity contribution in [2.45, 2.75) is 20.8 Å². The summed E-state index contributed by atoms with van der Waals surface area (Å²) >= 11 is 0. The Labute approximate surface area is 115 Å². The number of ether oxygens (including phenoxy) is 2. The first-order valence-corrected chi connectivity index (χ1v) is 6.19. The van der Waals surface area contributed by atoms with Gasteiger partial charge in [-0.2, -0.15) is 5.26 Å². The number of anilines is 1. The third kappa shape index (κ3) is 3.54. The van der Waals surface area contributed by atoms with Gasteiger partial charge in [-0.3, -0.25) is 0 Å². The molecule has 0 N–H and O–H groups in total. The molecule has 0 spiro atoms. The highest BCUT2D eigenvalue weighted by Crippen LogP contribution is 2.35. The Morgan fingerprint density at radius 2 is 1.79 bits per heavy atom. The summed E-state index contributed by atoms with van der Waals surface area (Å²) < 4.78 is 10.8. The SMILES string of the molecule is COc1cc(N(C)CC(C)(C)C#N)c(OC)cc1C. The number of nitriles is 1. The van der Waals surface area contributed by atoms with E-state index in [2.05, 4.69) is 6.07 Å². The van der Waals surface area contributed by atoms with E-state index in [0.717, 1.165) is 22.7 Å². The molecule has 0 aliphatic rings. The van der Waals surface area contributed by atoms with Crippen LogP contribution < -0.4 is 14.4 Å². The predicted molar refractivity (Wildman–Crippen MR) is 76.9 cm³/mol. The van der Waals surface area contributed by atoms with E-state index in [1.807, 2.05) is 44.9 Å². The first-order valence-electron chi connectivity index (χ1n) is 6.19. The molecule has 0 aromatic heterocycles. The van der Waals surface area contributed by atoms with Crippen molar-refractivity contribution >= 4 is 5.69 Å². The van der Waals surface area contributed by atoms with E-state index in [-0.39, 0.29) is 0 Å². The highest BCUT2D eigenvalue weighted by Gasteiger charge is 2.22. The van der Waals surface area contributed by atoms with Gasteiger partial charge in [0.2, 0.25) is 0 Å². The van der Waals surface area contributed by atoms with E-state index < -0.39 is 5.41 Å². The van der Waals surface area contributed by atoms with Gasteiger partial charge in [0.1, 0.15) is 11.5 Å². The summed E-state index contributed by atoms with van der Waals surface area (Å²) in [5.74, 6) is 1.60. The lowest BCUT2D eigenvalue weighted by atomic mass is 9.95. The zero-order valence-corrected chi connectivity index (χ0v) is 12.6. The van der Waals surface area contributed by atoms with E-state index >= 15 is 0 Å². The van der Waals surface area contributed by atoms with Crippen LogP contribution in [-0.4, -0.2) is 27.8 Å². The molecule has 19 heavy (non-hydrogen) atoms. The molecule has 1 aromatic rings. The van der Waals surface area contributed by atoms with Crippen LogP contribution in [0.4, 0.5) is 5.69 Å². The Kier molecular flexibility index (Phi) is 4.66. The zero-order valence-electron chi connectivity index (χ0n) is 12.6. The second kappa shape index (κ2) is 5.83. The first-order chi connectivity index (χ1) is 8.84. The third-order valence-corrected chi connectivity index (χ3v) is 3.04. The summed E-state index contributed by atoms with van der Waals surface area (Å²) in [5.41, 5.74) is 1.53. The minimum absolute atomic E-state index is 0.419. The molecule has 0 saturated carbocycles. The van der Waals surface area contributed by atoms with Crippen molar-refractivity contribution < 1.29 is 9.47 Å². The molecule has 1 aromatic carbocycles. The average molecular weight is 262 g/mol. The van der Waals surface area contributed by atoms with Gasteiger partial charge in [0.15, 0.2) is 0 Å². The largest absolute Gasteiger partial charge is 0.496 e. The van der Waals surface area contributed by atoms with Gasteiger partial charge in [-0.1, -0.05) is 0 Å². The second-order valence-corrected chi connectivity index (χ2v) is 5.35. The molecule has 0 aliphatic carbocycles. The Bertz CT molecular complexity index is 490. The maximum atomic E-state index is 9.13. The van der Waals surface area contributed by atoms with Crippen LogP contribution >= 0.6 is 0 Å². The molecule has 0 heterocycles. The predicted octanol–water partition coefficient (Wildman–Crippen LogP) is 3.00. The van der Waals surface area contributed by atoms with Gasteiger partial charge in [0, 0.05) is 19.7 Å². The number of rotatable bonds is 5. The Balaban J connectivity index is 3.15. The van der Waals surface area contributed by atoms with Gasteiger partial charge in [0.25, 0.3) is 0 Å². The van der Waals surface area contributed by atoms with Crippen LogP contribution in [0.3, 0.4) is 0 Å². The maximum Gasteiger partial charge on any atom is 0.142 e. The lowest BCUT2D eigenvalue weighted by Crippen LogP contribution is -2.30. The summed E-state index contributed by atoms with van der Waals surface area (Å²) in [6.45, 7) is 6.43. The van der Waals surface area contributed by atoms with Crippen molar-refractivity contribution in [1.82, 2.24) is 0 Å². The Hall–Kier alpha value is -1.89. The molecule has 0 unspecified atom stereocenters. The maximum absolute atomic E-state index is 9.13. The summed E-state index contributed by atoms with van der Waals surface area (Å²) in [7, 11) is 5.25. The topological polar surface area (TPSA) is 45.5 Å². The highest BCUT2D eigenvalue weighted by atomic mass is 16.5. The molecule has 0 saturated heterocycles. The number of methoxy groups -OCH3 is 2. The lowest BCUT2D eigenvalue weighted by molar-refractivity contribution is 0.399. The van der Waals surface area contributed by atoms with E-state index in [9.17, 15) is 0 Å². The number of nitrogens with zero attached hydrogens (tertiary/aromatic N) is 2. The lowest BCUT2D eigenvalue weighted by Gasteiger charge is -2.28. The normalized spacial score (nSPS) is 10.8. The average Bonchev–Trinajstić information content (AvgIpc) is 2.37. The molecule has 4 nitrogen and oxygen atoms in total. The van der Waals surface area contributed by atoms with Crippen LogP contribution in [0, 0.1) is 23.7 Å². The number of hydrogen-bond donors (Lipinski definition) is 0. The summed E-state index contributed by atoms with van der Waals surface area (Å²) in [6.07, 6.45) is 0. The smallest absolute Gasteiger partial charge is 0.142 e. The molecule has 1 rings (SSSR count). The van der Waals surface area contributed by atoms with Crippen LogP contribution in [0.25, 0.3) is 0 Å². The molecule has 0 aliphatic heterocycles. The molecule has 0 amide bonds. The van der Waals surface area contributed by atoms with Crippen molar-refractivity contribution in [3.63, 3.8) is 0 Å². The van der Waals surface area contributed by atoms with Gasteiger partial charge in [-0.25, -0.2) is 0 Å². The van der Waals surface area contributed by atoms with Crippen molar-refractivity contribution in [2.75, 3.05) is 32.7 Å². The summed E-state index contributed by atoms with van der Waals surface area (Å²) in [5, 5.41) is 9.13. The minimum Gasteiger partial charge on any atom is -0.496 e. The second-order valence-electron chi connectivity index (χ2n) is 5.35. The van der Waals surface area contributed by atoms with Gasteiger partial charge >= 0.3 is 0 Å².